The Labute approximate surface area is 489 Å². The van der Waals surface area contributed by atoms with Crippen molar-refractivity contribution in [2.24, 2.45) is 0 Å². The molecule has 2 N–H and O–H groups in total. The minimum Gasteiger partial charge on any atom is -0.456 e. The number of nitrogens with zero attached hydrogens (tertiary/aromatic N) is 1. The second-order valence-corrected chi connectivity index (χ2v) is 25.1. The molecule has 0 spiro atoms. The quantitative estimate of drug-likeness (QED) is 0.0205. The highest BCUT2D eigenvalue weighted by Gasteiger charge is 2.30. The number of quaternary nitrogens is 1. The van der Waals surface area contributed by atoms with Crippen molar-refractivity contribution in [2.75, 3.05) is 40.9 Å². The normalized spacial score (nSPS) is 14.1. The van der Waals surface area contributed by atoms with Crippen LogP contribution in [0.4, 0.5) is 0 Å². The van der Waals surface area contributed by atoms with E-state index in [0.717, 1.165) is 103 Å². The minimum atomic E-state index is -4.45. The van der Waals surface area contributed by atoms with Gasteiger partial charge in [0.25, 0.3) is 0 Å². The lowest BCUT2D eigenvalue weighted by molar-refractivity contribution is -0.870. The molecule has 79 heavy (non-hydrogen) atoms. The van der Waals surface area contributed by atoms with Crippen molar-refractivity contribution in [2.45, 2.75) is 315 Å². The summed E-state index contributed by atoms with van der Waals surface area (Å²) in [4.78, 5) is 37.8. The number of esters is 1. The number of carbonyl (C=O) groups excluding carboxylic acids is 2. The third-order valence-electron chi connectivity index (χ3n) is 14.7. The van der Waals surface area contributed by atoms with Gasteiger partial charge in [0.2, 0.25) is 5.91 Å². The Kier molecular flexibility index (Phi) is 56.7. The Morgan fingerprint density at radius 3 is 1.22 bits per heavy atom. The standard InChI is InChI=1S/C69H127N2O7P/c1-7-10-13-16-19-22-25-28-30-32-33-34-35-36-37-38-39-40-42-44-47-50-53-56-59-62-69(73)78-67(60-57-54-51-48-45-27-24-21-18-15-12-9-3)66(65-77-79(74,75)76-64-63-71(4,5)6)70-68(72)61-58-55-52-49-46-43-41-31-29-26-23-20-17-14-11-8-2/h10,13,19,22,28,30,33-34,36-37,57,60,66-67H,7-9,11-12,14-18,20-21,23-27,29,31-32,35,38-56,58-59,61-65H2,1-6H3,(H-,70,72,74,75)/p+1/b13-10-,22-19-,30-28-,34-33-,37-36-,60-57+. The number of nitrogens with one attached hydrogen (secondary N) is 1. The summed E-state index contributed by atoms with van der Waals surface area (Å²) >= 11 is 0. The number of phosphoric ester groups is 1. The van der Waals surface area contributed by atoms with Crippen LogP contribution < -0.4 is 5.32 Å². The van der Waals surface area contributed by atoms with Crippen molar-refractivity contribution >= 4 is 19.7 Å². The van der Waals surface area contributed by atoms with Gasteiger partial charge >= 0.3 is 13.8 Å². The number of amides is 1. The van der Waals surface area contributed by atoms with E-state index in [4.69, 9.17) is 13.8 Å². The van der Waals surface area contributed by atoms with E-state index in [2.05, 4.69) is 86.8 Å². The molecule has 9 nitrogen and oxygen atoms in total. The first-order valence-electron chi connectivity index (χ1n) is 33.3. The third-order valence-corrected chi connectivity index (χ3v) is 15.6. The molecule has 3 atom stereocenters. The molecule has 0 heterocycles. The van der Waals surface area contributed by atoms with Gasteiger partial charge in [-0.3, -0.25) is 18.6 Å². The fraction of sp³-hybridized carbons (Fsp3) is 0.797. The highest BCUT2D eigenvalue weighted by Crippen LogP contribution is 2.43. The van der Waals surface area contributed by atoms with E-state index in [0.29, 0.717) is 17.4 Å². The third kappa shape index (κ3) is 59.9. The molecule has 0 bridgehead atoms. The molecule has 1 amide bonds. The Morgan fingerprint density at radius 2 is 0.810 bits per heavy atom. The molecule has 3 unspecified atom stereocenters. The summed E-state index contributed by atoms with van der Waals surface area (Å²) in [7, 11) is 1.50. The van der Waals surface area contributed by atoms with E-state index in [-0.39, 0.29) is 31.5 Å². The van der Waals surface area contributed by atoms with Crippen LogP contribution in [0, 0.1) is 0 Å². The van der Waals surface area contributed by atoms with E-state index in [1.54, 1.807) is 0 Å². The summed E-state index contributed by atoms with van der Waals surface area (Å²) < 4.78 is 30.8. The zero-order chi connectivity index (χ0) is 57.9. The molecule has 0 rings (SSSR count). The predicted molar refractivity (Wildman–Crippen MR) is 341 cm³/mol. The van der Waals surface area contributed by atoms with E-state index in [9.17, 15) is 19.0 Å². The molecule has 0 aliphatic carbocycles. The SMILES string of the molecule is CC/C=C\C/C=C\C/C=C\C/C=C\C/C=C\CCCCCCCCCCCC(=O)OC(/C=C/CCCCCCCCCCCC)C(COP(=O)(O)OCC[N+](C)(C)C)NC(=O)CCCCCCCCCCCCCCCCCC. The largest absolute Gasteiger partial charge is 0.472 e. The smallest absolute Gasteiger partial charge is 0.456 e. The Bertz CT molecular complexity index is 1580. The summed E-state index contributed by atoms with van der Waals surface area (Å²) in [5.74, 6) is -0.503. The molecule has 0 saturated heterocycles. The van der Waals surface area contributed by atoms with E-state index in [1.165, 1.54) is 167 Å². The number of hydrogen-bond acceptors (Lipinski definition) is 6. The molecule has 0 fully saturated rings. The highest BCUT2D eigenvalue weighted by atomic mass is 31.2. The van der Waals surface area contributed by atoms with Crippen LogP contribution in [0.1, 0.15) is 303 Å². The Hall–Kier alpha value is -2.55. The first kappa shape index (κ1) is 76.5. The summed E-state index contributed by atoms with van der Waals surface area (Å²) in [5, 5.41) is 3.06. The average Bonchev–Trinajstić information content (AvgIpc) is 3.41. The van der Waals surface area contributed by atoms with Crippen LogP contribution in [0.3, 0.4) is 0 Å². The second kappa shape index (κ2) is 58.6. The molecule has 0 saturated carbocycles. The second-order valence-electron chi connectivity index (χ2n) is 23.6. The van der Waals surface area contributed by atoms with Crippen molar-refractivity contribution in [1.29, 1.82) is 0 Å². The summed E-state index contributed by atoms with van der Waals surface area (Å²) in [6, 6.07) is -0.851. The number of ether oxygens (including phenoxy) is 1. The van der Waals surface area contributed by atoms with Crippen LogP contribution in [0.15, 0.2) is 72.9 Å². The number of phosphoric acid groups is 1. The van der Waals surface area contributed by atoms with Crippen molar-refractivity contribution < 1.29 is 37.3 Å². The molecule has 10 heteroatoms. The lowest BCUT2D eigenvalue weighted by atomic mass is 10.0. The van der Waals surface area contributed by atoms with Gasteiger partial charge in [-0.15, -0.1) is 0 Å². The molecule has 460 valence electrons. The Morgan fingerprint density at radius 1 is 0.456 bits per heavy atom. The van der Waals surface area contributed by atoms with Crippen LogP contribution in [0.25, 0.3) is 0 Å². The van der Waals surface area contributed by atoms with Crippen LogP contribution in [0.5, 0.6) is 0 Å². The van der Waals surface area contributed by atoms with E-state index in [1.807, 2.05) is 33.3 Å². The average molecular weight is 1130 g/mol. The number of unbranched alkanes of at least 4 members (excludes halogenated alkanes) is 34. The molecule has 0 aromatic carbocycles. The van der Waals surface area contributed by atoms with Crippen molar-refractivity contribution in [3.05, 3.63) is 72.9 Å². The first-order valence-corrected chi connectivity index (χ1v) is 34.8. The van der Waals surface area contributed by atoms with Crippen LogP contribution >= 0.6 is 7.82 Å². The van der Waals surface area contributed by atoms with Crippen LogP contribution in [-0.2, 0) is 27.9 Å². The van der Waals surface area contributed by atoms with Gasteiger partial charge in [-0.1, -0.05) is 287 Å². The van der Waals surface area contributed by atoms with Crippen molar-refractivity contribution in [3.63, 3.8) is 0 Å². The first-order chi connectivity index (χ1) is 38.4. The summed E-state index contributed by atoms with van der Waals surface area (Å²) in [5.41, 5.74) is 0. The summed E-state index contributed by atoms with van der Waals surface area (Å²) in [6.07, 6.45) is 76.1. The molecule has 0 aromatic rings. The van der Waals surface area contributed by atoms with Crippen LogP contribution in [-0.4, -0.2) is 74.3 Å². The lowest BCUT2D eigenvalue weighted by Gasteiger charge is -2.27. The van der Waals surface area contributed by atoms with Gasteiger partial charge < -0.3 is 19.4 Å². The number of carbonyl (C=O) groups is 2. The number of likely N-dealkylation sites (N-methyl/N-ethyl adjacent to an activating group) is 1. The van der Waals surface area contributed by atoms with Gasteiger partial charge in [-0.2, -0.15) is 0 Å². The van der Waals surface area contributed by atoms with Gasteiger partial charge in [0, 0.05) is 12.8 Å². The van der Waals surface area contributed by atoms with Crippen LogP contribution in [0.2, 0.25) is 0 Å². The topological polar surface area (TPSA) is 111 Å². The van der Waals surface area contributed by atoms with Gasteiger partial charge in [-0.05, 0) is 76.7 Å². The fourth-order valence-electron chi connectivity index (χ4n) is 9.56. The molecular weight excluding hydrogens is 1000 g/mol. The lowest BCUT2D eigenvalue weighted by Crippen LogP contribution is -2.47. The Balaban J connectivity index is 5.13. The fourth-order valence-corrected chi connectivity index (χ4v) is 10.3. The van der Waals surface area contributed by atoms with E-state index < -0.39 is 20.0 Å². The predicted octanol–water partition coefficient (Wildman–Crippen LogP) is 20.8. The molecule has 0 aliphatic rings. The van der Waals surface area contributed by atoms with E-state index >= 15 is 0 Å². The van der Waals surface area contributed by atoms with Crippen molar-refractivity contribution in [3.8, 4) is 0 Å². The van der Waals surface area contributed by atoms with Crippen molar-refractivity contribution in [1.82, 2.24) is 5.32 Å². The maximum atomic E-state index is 13.6. The maximum Gasteiger partial charge on any atom is 0.472 e. The van der Waals surface area contributed by atoms with Gasteiger partial charge in [0.15, 0.2) is 0 Å². The zero-order valence-electron chi connectivity index (χ0n) is 52.6. The molecule has 0 radical (unpaired) electrons. The number of hydrogen-bond donors (Lipinski definition) is 2. The maximum absolute atomic E-state index is 13.6. The van der Waals surface area contributed by atoms with Gasteiger partial charge in [0.05, 0.1) is 33.8 Å². The molecule has 0 aromatic heterocycles. The molecule has 0 aliphatic heterocycles. The minimum absolute atomic E-state index is 0.0388. The number of rotatable bonds is 60. The van der Waals surface area contributed by atoms with Gasteiger partial charge in [-0.25, -0.2) is 4.57 Å². The number of allylic oxidation sites excluding steroid dienone is 11. The molecular formula is C69H128N2O7P+. The monoisotopic (exact) mass is 1130 g/mol. The highest BCUT2D eigenvalue weighted by molar-refractivity contribution is 7.47. The summed E-state index contributed by atoms with van der Waals surface area (Å²) in [6.45, 7) is 6.92. The zero-order valence-corrected chi connectivity index (χ0v) is 53.5. The van der Waals surface area contributed by atoms with Gasteiger partial charge in [0.1, 0.15) is 19.3 Å².